The zero-order valence-corrected chi connectivity index (χ0v) is 21.9. The highest BCUT2D eigenvalue weighted by atomic mass is 16.6. The largest absolute Gasteiger partial charge is 0.492 e. The van der Waals surface area contributed by atoms with Gasteiger partial charge >= 0.3 is 12.1 Å². The molecule has 0 saturated carbocycles. The van der Waals surface area contributed by atoms with Crippen molar-refractivity contribution in [1.29, 1.82) is 0 Å². The third-order valence-corrected chi connectivity index (χ3v) is 6.17. The predicted molar refractivity (Wildman–Crippen MR) is 146 cm³/mol. The van der Waals surface area contributed by atoms with Crippen molar-refractivity contribution >= 4 is 22.8 Å². The number of carboxylic acids is 1. The van der Waals surface area contributed by atoms with Gasteiger partial charge in [0.15, 0.2) is 0 Å². The zero-order valence-electron chi connectivity index (χ0n) is 21.9. The normalized spacial score (nSPS) is 11.1. The van der Waals surface area contributed by atoms with E-state index in [1.54, 1.807) is 13.8 Å². The van der Waals surface area contributed by atoms with E-state index in [2.05, 4.69) is 35.6 Å². The summed E-state index contributed by atoms with van der Waals surface area (Å²) in [4.78, 5) is 23.0. The van der Waals surface area contributed by atoms with Gasteiger partial charge in [0, 0.05) is 24.2 Å². The van der Waals surface area contributed by atoms with Gasteiger partial charge in [-0.3, -0.25) is 9.48 Å². The third-order valence-electron chi connectivity index (χ3n) is 6.17. The summed E-state index contributed by atoms with van der Waals surface area (Å²) in [5.41, 5.74) is 4.68. The number of carbonyl (C=O) groups excluding carboxylic acids is 1. The van der Waals surface area contributed by atoms with Crippen molar-refractivity contribution < 1.29 is 24.2 Å². The molecule has 8 nitrogen and oxygen atoms in total. The van der Waals surface area contributed by atoms with Crippen LogP contribution >= 0.6 is 0 Å². The second-order valence-electron chi connectivity index (χ2n) is 9.40. The Kier molecular flexibility index (Phi) is 8.63. The number of hydrogen-bond donors (Lipinski definition) is 2. The van der Waals surface area contributed by atoms with Gasteiger partial charge < -0.3 is 19.9 Å². The second-order valence-corrected chi connectivity index (χ2v) is 9.40. The molecule has 1 amide bonds. The molecule has 0 unspecified atom stereocenters. The highest BCUT2D eigenvalue weighted by molar-refractivity contribution is 5.95. The number of amides is 1. The summed E-state index contributed by atoms with van der Waals surface area (Å²) in [5, 5.41) is 19.0. The van der Waals surface area contributed by atoms with Crippen LogP contribution in [0.15, 0.2) is 66.7 Å². The molecule has 0 radical (unpaired) electrons. The summed E-state index contributed by atoms with van der Waals surface area (Å²) in [7, 11) is 0. The molecule has 3 aromatic carbocycles. The fourth-order valence-corrected chi connectivity index (χ4v) is 4.33. The van der Waals surface area contributed by atoms with E-state index in [4.69, 9.17) is 19.7 Å². The van der Waals surface area contributed by atoms with E-state index in [0.29, 0.717) is 25.3 Å². The van der Waals surface area contributed by atoms with Crippen molar-refractivity contribution in [3.05, 3.63) is 83.6 Å². The van der Waals surface area contributed by atoms with Crippen LogP contribution in [-0.4, -0.2) is 39.7 Å². The van der Waals surface area contributed by atoms with Crippen LogP contribution in [0.4, 0.5) is 4.79 Å². The summed E-state index contributed by atoms with van der Waals surface area (Å²) in [6.45, 7) is 6.75. The number of nitrogens with one attached hydrogen (secondary N) is 1. The minimum Gasteiger partial charge on any atom is -0.492 e. The fourth-order valence-electron chi connectivity index (χ4n) is 4.33. The quantitative estimate of drug-likeness (QED) is 0.264. The van der Waals surface area contributed by atoms with Gasteiger partial charge in [-0.1, -0.05) is 48.5 Å². The average molecular weight is 516 g/mol. The molecule has 1 aromatic heterocycles. The Morgan fingerprint density at radius 1 is 1.03 bits per heavy atom. The lowest BCUT2D eigenvalue weighted by molar-refractivity contribution is -0.136. The molecule has 38 heavy (non-hydrogen) atoms. The lowest BCUT2D eigenvalue weighted by Gasteiger charge is -2.14. The molecule has 4 aromatic rings. The Morgan fingerprint density at radius 2 is 1.82 bits per heavy atom. The summed E-state index contributed by atoms with van der Waals surface area (Å²) < 4.78 is 13.1. The van der Waals surface area contributed by atoms with Gasteiger partial charge in [0.2, 0.25) is 0 Å². The van der Waals surface area contributed by atoms with Gasteiger partial charge in [-0.25, -0.2) is 4.79 Å². The van der Waals surface area contributed by atoms with Crippen LogP contribution in [0.2, 0.25) is 0 Å². The summed E-state index contributed by atoms with van der Waals surface area (Å²) in [5.74, 6) is -0.238. The maximum Gasteiger partial charge on any atom is 0.407 e. The Hall–Kier alpha value is -4.33. The first-order chi connectivity index (χ1) is 18.3. The molecule has 0 aliphatic rings. The van der Waals surface area contributed by atoms with Crippen molar-refractivity contribution in [3.8, 4) is 17.0 Å². The van der Waals surface area contributed by atoms with Crippen LogP contribution in [0.3, 0.4) is 0 Å². The van der Waals surface area contributed by atoms with Gasteiger partial charge in [0.1, 0.15) is 12.4 Å². The Labute approximate surface area is 222 Å². The smallest absolute Gasteiger partial charge is 0.407 e. The number of carboxylic acid groups (broad SMARTS) is 1. The average Bonchev–Trinajstić information content (AvgIpc) is 3.26. The third kappa shape index (κ3) is 6.91. The van der Waals surface area contributed by atoms with E-state index in [1.165, 1.54) is 5.39 Å². The van der Waals surface area contributed by atoms with E-state index >= 15 is 0 Å². The minimum absolute atomic E-state index is 0.00124. The molecule has 0 spiro atoms. The molecular weight excluding hydrogens is 482 g/mol. The van der Waals surface area contributed by atoms with Gasteiger partial charge in [-0.15, -0.1) is 0 Å². The molecule has 1 heterocycles. The number of rotatable bonds is 11. The number of ether oxygens (including phenoxy) is 2. The summed E-state index contributed by atoms with van der Waals surface area (Å²) in [6.07, 6.45) is -0.397. The van der Waals surface area contributed by atoms with Crippen molar-refractivity contribution in [2.75, 3.05) is 6.61 Å². The topological polar surface area (TPSA) is 103 Å². The van der Waals surface area contributed by atoms with Crippen LogP contribution in [0.1, 0.15) is 37.1 Å². The van der Waals surface area contributed by atoms with Crippen molar-refractivity contribution in [3.63, 3.8) is 0 Å². The molecule has 0 aliphatic carbocycles. The number of aliphatic carboxylic acids is 1. The minimum atomic E-state index is -0.874. The SMILES string of the molecule is Cc1cc(-c2cccc3ccccc23)nn1CCOc1ccc(CCC(=O)O)c(CNC(=O)OC(C)C)c1. The zero-order chi connectivity index (χ0) is 27.1. The van der Waals surface area contributed by atoms with Crippen LogP contribution in [0, 0.1) is 6.92 Å². The second kappa shape index (κ2) is 12.3. The molecule has 4 rings (SSSR count). The molecule has 0 aliphatic heterocycles. The van der Waals surface area contributed by atoms with Crippen molar-refractivity contribution in [1.82, 2.24) is 15.1 Å². The number of benzene rings is 3. The molecule has 2 N–H and O–H groups in total. The number of aromatic nitrogens is 2. The van der Waals surface area contributed by atoms with Crippen LogP contribution in [0.25, 0.3) is 22.0 Å². The van der Waals surface area contributed by atoms with E-state index in [-0.39, 0.29) is 19.1 Å². The molecule has 8 heteroatoms. The van der Waals surface area contributed by atoms with Crippen molar-refractivity contribution in [2.45, 2.75) is 52.8 Å². The standard InChI is InChI=1S/C30H33N3O5/c1-20(2)38-30(36)31-19-24-18-25(13-11-22(24)12-14-29(34)35)37-16-15-33-21(3)17-28(32-33)27-10-6-8-23-7-4-5-9-26(23)27/h4-11,13,17-18,20H,12,14-16,19H2,1-3H3,(H,31,36)(H,34,35). The number of hydrogen-bond acceptors (Lipinski definition) is 5. The fraction of sp³-hybridized carbons (Fsp3) is 0.300. The van der Waals surface area contributed by atoms with Gasteiger partial charge in [-0.2, -0.15) is 5.10 Å². The van der Waals surface area contributed by atoms with Crippen molar-refractivity contribution in [2.24, 2.45) is 0 Å². The number of aryl methyl sites for hydroxylation is 2. The Balaban J connectivity index is 1.43. The van der Waals surface area contributed by atoms with Crippen LogP contribution in [-0.2, 0) is 29.0 Å². The van der Waals surface area contributed by atoms with E-state index in [1.807, 2.05) is 48.0 Å². The Morgan fingerprint density at radius 3 is 2.61 bits per heavy atom. The van der Waals surface area contributed by atoms with E-state index in [9.17, 15) is 9.59 Å². The first kappa shape index (κ1) is 26.7. The lowest BCUT2D eigenvalue weighted by Crippen LogP contribution is -2.26. The highest BCUT2D eigenvalue weighted by Gasteiger charge is 2.12. The summed E-state index contributed by atoms with van der Waals surface area (Å²) in [6, 6.07) is 22.1. The molecule has 0 saturated heterocycles. The van der Waals surface area contributed by atoms with Crippen LogP contribution in [0.5, 0.6) is 5.75 Å². The number of carbonyl (C=O) groups is 2. The molecule has 0 fully saturated rings. The molecule has 198 valence electrons. The van der Waals surface area contributed by atoms with Gasteiger partial charge in [0.05, 0.1) is 18.3 Å². The van der Waals surface area contributed by atoms with Gasteiger partial charge in [-0.05, 0) is 67.3 Å². The maximum absolute atomic E-state index is 12.0. The lowest BCUT2D eigenvalue weighted by atomic mass is 10.0. The number of alkyl carbamates (subject to hydrolysis) is 1. The van der Waals surface area contributed by atoms with Gasteiger partial charge in [0.25, 0.3) is 0 Å². The molecule has 0 bridgehead atoms. The van der Waals surface area contributed by atoms with E-state index < -0.39 is 12.1 Å². The number of nitrogens with zero attached hydrogens (tertiary/aromatic N) is 2. The molecule has 0 atom stereocenters. The maximum atomic E-state index is 12.0. The van der Waals surface area contributed by atoms with E-state index in [0.717, 1.165) is 33.5 Å². The van der Waals surface area contributed by atoms with Crippen LogP contribution < -0.4 is 10.1 Å². The summed E-state index contributed by atoms with van der Waals surface area (Å²) >= 11 is 0. The first-order valence-corrected chi connectivity index (χ1v) is 12.7. The first-order valence-electron chi connectivity index (χ1n) is 12.7. The Bertz CT molecular complexity index is 1420. The molecular formula is C30H33N3O5. The number of fused-ring (bicyclic) bond motifs is 1. The monoisotopic (exact) mass is 515 g/mol. The predicted octanol–water partition coefficient (Wildman–Crippen LogP) is 5.74. The highest BCUT2D eigenvalue weighted by Crippen LogP contribution is 2.28.